The molecule has 1 aliphatic rings. The van der Waals surface area contributed by atoms with Crippen LogP contribution in [0.1, 0.15) is 43.0 Å². The second-order valence-electron chi connectivity index (χ2n) is 5.26. The molecular weight excluding hydrogens is 258 g/mol. The number of hydrogen-bond acceptors (Lipinski definition) is 4. The molecule has 5 nitrogen and oxygen atoms in total. The molecule has 5 heteroatoms. The number of phenolic OH excluding ortho intramolecular Hbond substituents is 2. The molecule has 2 rings (SSSR count). The third kappa shape index (κ3) is 3.10. The highest BCUT2D eigenvalue weighted by molar-refractivity contribution is 5.95. The van der Waals surface area contributed by atoms with Crippen molar-refractivity contribution in [1.29, 1.82) is 0 Å². The number of likely N-dealkylation sites (tertiary alicyclic amines) is 1. The number of piperidine rings is 1. The van der Waals surface area contributed by atoms with Gasteiger partial charge in [-0.25, -0.2) is 0 Å². The average molecular weight is 277 g/mol. The number of hydrogen-bond donors (Lipinski definition) is 2. The van der Waals surface area contributed by atoms with Crippen LogP contribution in [0.2, 0.25) is 0 Å². The molecule has 0 bridgehead atoms. The maximum atomic E-state index is 12.5. The van der Waals surface area contributed by atoms with E-state index in [0.717, 1.165) is 19.3 Å². The van der Waals surface area contributed by atoms with E-state index in [-0.39, 0.29) is 29.2 Å². The number of benzene rings is 1. The summed E-state index contributed by atoms with van der Waals surface area (Å²) >= 11 is 0. The SMILES string of the molecule is CC(=O)CC1CCCCN1C(=O)c1ccc(O)c(O)c1. The van der Waals surface area contributed by atoms with Crippen molar-refractivity contribution in [2.24, 2.45) is 0 Å². The molecule has 1 aromatic carbocycles. The van der Waals surface area contributed by atoms with Crippen LogP contribution in [0, 0.1) is 0 Å². The van der Waals surface area contributed by atoms with Crippen LogP contribution in [0.15, 0.2) is 18.2 Å². The van der Waals surface area contributed by atoms with Crippen molar-refractivity contribution >= 4 is 11.7 Å². The van der Waals surface area contributed by atoms with Gasteiger partial charge in [-0.15, -0.1) is 0 Å². The largest absolute Gasteiger partial charge is 0.504 e. The summed E-state index contributed by atoms with van der Waals surface area (Å²) in [4.78, 5) is 25.5. The lowest BCUT2D eigenvalue weighted by atomic mass is 9.96. The Labute approximate surface area is 117 Å². The summed E-state index contributed by atoms with van der Waals surface area (Å²) in [5.74, 6) is -0.689. The number of nitrogens with zero attached hydrogens (tertiary/aromatic N) is 1. The minimum Gasteiger partial charge on any atom is -0.504 e. The predicted octanol–water partition coefficient (Wildman–Crippen LogP) is 2.07. The van der Waals surface area contributed by atoms with Crippen LogP contribution in [0.5, 0.6) is 11.5 Å². The van der Waals surface area contributed by atoms with Crippen LogP contribution in [0.3, 0.4) is 0 Å². The van der Waals surface area contributed by atoms with Gasteiger partial charge in [0.15, 0.2) is 11.5 Å². The van der Waals surface area contributed by atoms with Gasteiger partial charge in [0.1, 0.15) is 5.78 Å². The Balaban J connectivity index is 2.20. The number of phenols is 2. The molecule has 1 amide bonds. The summed E-state index contributed by atoms with van der Waals surface area (Å²) in [5, 5.41) is 18.8. The Morgan fingerprint density at radius 2 is 2.00 bits per heavy atom. The number of carbonyl (C=O) groups is 2. The van der Waals surface area contributed by atoms with Gasteiger partial charge in [-0.3, -0.25) is 9.59 Å². The maximum Gasteiger partial charge on any atom is 0.254 e. The maximum absolute atomic E-state index is 12.5. The lowest BCUT2D eigenvalue weighted by Gasteiger charge is -2.35. The number of rotatable bonds is 3. The van der Waals surface area contributed by atoms with Crippen molar-refractivity contribution in [3.05, 3.63) is 23.8 Å². The van der Waals surface area contributed by atoms with E-state index in [4.69, 9.17) is 0 Å². The highest BCUT2D eigenvalue weighted by atomic mass is 16.3. The topological polar surface area (TPSA) is 77.8 Å². The van der Waals surface area contributed by atoms with Crippen molar-refractivity contribution in [3.8, 4) is 11.5 Å². The van der Waals surface area contributed by atoms with Gasteiger partial charge >= 0.3 is 0 Å². The van der Waals surface area contributed by atoms with E-state index < -0.39 is 0 Å². The quantitative estimate of drug-likeness (QED) is 0.829. The van der Waals surface area contributed by atoms with Crippen molar-refractivity contribution < 1.29 is 19.8 Å². The van der Waals surface area contributed by atoms with Crippen molar-refractivity contribution in [3.63, 3.8) is 0 Å². The van der Waals surface area contributed by atoms with Crippen LogP contribution in [-0.4, -0.2) is 39.4 Å². The first-order chi connectivity index (χ1) is 9.49. The first-order valence-corrected chi connectivity index (χ1v) is 6.81. The number of aromatic hydroxyl groups is 2. The highest BCUT2D eigenvalue weighted by Crippen LogP contribution is 2.27. The van der Waals surface area contributed by atoms with Crippen LogP contribution in [-0.2, 0) is 4.79 Å². The molecule has 0 aliphatic carbocycles. The van der Waals surface area contributed by atoms with Crippen LogP contribution in [0.25, 0.3) is 0 Å². The lowest BCUT2D eigenvalue weighted by molar-refractivity contribution is -0.118. The first kappa shape index (κ1) is 14.4. The fourth-order valence-corrected chi connectivity index (χ4v) is 2.63. The second-order valence-corrected chi connectivity index (χ2v) is 5.26. The first-order valence-electron chi connectivity index (χ1n) is 6.81. The van der Waals surface area contributed by atoms with Crippen LogP contribution < -0.4 is 0 Å². The molecule has 1 unspecified atom stereocenters. The van der Waals surface area contributed by atoms with Gasteiger partial charge in [-0.05, 0) is 44.4 Å². The minimum absolute atomic E-state index is 0.0651. The molecule has 0 spiro atoms. The van der Waals surface area contributed by atoms with Gasteiger partial charge < -0.3 is 15.1 Å². The van der Waals surface area contributed by atoms with Crippen LogP contribution >= 0.6 is 0 Å². The Morgan fingerprint density at radius 3 is 2.65 bits per heavy atom. The fraction of sp³-hybridized carbons (Fsp3) is 0.467. The van der Waals surface area contributed by atoms with Gasteiger partial charge in [-0.2, -0.15) is 0 Å². The van der Waals surface area contributed by atoms with E-state index in [2.05, 4.69) is 0 Å². The molecule has 1 atom stereocenters. The van der Waals surface area contributed by atoms with E-state index in [9.17, 15) is 19.8 Å². The van der Waals surface area contributed by atoms with E-state index in [1.807, 2.05) is 0 Å². The zero-order valence-corrected chi connectivity index (χ0v) is 11.5. The molecular formula is C15H19NO4. The fourth-order valence-electron chi connectivity index (χ4n) is 2.63. The average Bonchev–Trinajstić information content (AvgIpc) is 2.41. The van der Waals surface area contributed by atoms with E-state index in [0.29, 0.717) is 18.5 Å². The van der Waals surface area contributed by atoms with Gasteiger partial charge in [0.05, 0.1) is 0 Å². The van der Waals surface area contributed by atoms with E-state index >= 15 is 0 Å². The van der Waals surface area contributed by atoms with Crippen LogP contribution in [0.4, 0.5) is 0 Å². The molecule has 1 fully saturated rings. The predicted molar refractivity (Wildman–Crippen MR) is 73.7 cm³/mol. The molecule has 108 valence electrons. The number of carbonyl (C=O) groups excluding carboxylic acids is 2. The molecule has 0 radical (unpaired) electrons. The molecule has 1 aliphatic heterocycles. The Kier molecular flexibility index (Phi) is 4.27. The van der Waals surface area contributed by atoms with Gasteiger partial charge in [0.25, 0.3) is 5.91 Å². The summed E-state index contributed by atoms with van der Waals surface area (Å²) in [6, 6.07) is 3.98. The van der Waals surface area contributed by atoms with Gasteiger partial charge in [-0.1, -0.05) is 0 Å². The normalized spacial score (nSPS) is 18.9. The summed E-state index contributed by atoms with van der Waals surface area (Å²) in [7, 11) is 0. The molecule has 1 aromatic rings. The van der Waals surface area contributed by atoms with Crippen molar-refractivity contribution in [1.82, 2.24) is 4.90 Å². The number of amides is 1. The van der Waals surface area contributed by atoms with Crippen molar-refractivity contribution in [2.45, 2.75) is 38.6 Å². The zero-order valence-electron chi connectivity index (χ0n) is 11.5. The van der Waals surface area contributed by atoms with Crippen molar-refractivity contribution in [2.75, 3.05) is 6.54 Å². The third-order valence-corrected chi connectivity index (χ3v) is 3.63. The highest BCUT2D eigenvalue weighted by Gasteiger charge is 2.28. The number of ketones is 1. The third-order valence-electron chi connectivity index (χ3n) is 3.63. The molecule has 20 heavy (non-hydrogen) atoms. The van der Waals surface area contributed by atoms with E-state index in [1.54, 1.807) is 4.90 Å². The second kappa shape index (κ2) is 5.94. The number of Topliss-reactive ketones (excluding diaryl/α,β-unsaturated/α-hetero) is 1. The standard InChI is InChI=1S/C15H19NO4/c1-10(17)8-12-4-2-3-7-16(12)15(20)11-5-6-13(18)14(19)9-11/h5-6,9,12,18-19H,2-4,7-8H2,1H3. The Morgan fingerprint density at radius 1 is 1.25 bits per heavy atom. The zero-order chi connectivity index (χ0) is 14.7. The van der Waals surface area contributed by atoms with Gasteiger partial charge in [0.2, 0.25) is 0 Å². The van der Waals surface area contributed by atoms with Gasteiger partial charge in [0, 0.05) is 24.6 Å². The molecule has 1 saturated heterocycles. The summed E-state index contributed by atoms with van der Waals surface area (Å²) in [6.07, 6.45) is 3.14. The summed E-state index contributed by atoms with van der Waals surface area (Å²) in [5.41, 5.74) is 0.329. The molecule has 1 heterocycles. The lowest BCUT2D eigenvalue weighted by Crippen LogP contribution is -2.44. The Bertz CT molecular complexity index is 527. The summed E-state index contributed by atoms with van der Waals surface area (Å²) in [6.45, 7) is 2.15. The van der Waals surface area contributed by atoms with E-state index in [1.165, 1.54) is 25.1 Å². The monoisotopic (exact) mass is 277 g/mol. The molecule has 2 N–H and O–H groups in total. The summed E-state index contributed by atoms with van der Waals surface area (Å²) < 4.78 is 0. The molecule has 0 aromatic heterocycles. The molecule has 0 saturated carbocycles. The minimum atomic E-state index is -0.309. The smallest absolute Gasteiger partial charge is 0.254 e. The Hall–Kier alpha value is -2.04.